The molecule has 0 spiro atoms. The molecular formula is C18H28N2O5. The molecule has 140 valence electrons. The summed E-state index contributed by atoms with van der Waals surface area (Å²) < 4.78 is 5.25. The minimum atomic E-state index is -1.15. The molecule has 25 heavy (non-hydrogen) atoms. The number of phenolic OH excluding ortho intramolecular Hbond substituents is 2. The number of esters is 1. The van der Waals surface area contributed by atoms with Gasteiger partial charge in [-0.3, -0.25) is 4.79 Å². The van der Waals surface area contributed by atoms with E-state index < -0.39 is 23.5 Å². The summed E-state index contributed by atoms with van der Waals surface area (Å²) in [6.07, 6.45) is 0.824. The molecule has 0 saturated heterocycles. The molecule has 0 unspecified atom stereocenters. The lowest BCUT2D eigenvalue weighted by Gasteiger charge is -2.23. The van der Waals surface area contributed by atoms with E-state index in [2.05, 4.69) is 5.32 Å². The first-order chi connectivity index (χ1) is 11.5. The molecule has 1 aromatic carbocycles. The average molecular weight is 352 g/mol. The number of rotatable bonds is 8. The summed E-state index contributed by atoms with van der Waals surface area (Å²) in [5, 5.41) is 21.6. The Morgan fingerprint density at radius 1 is 1.24 bits per heavy atom. The Morgan fingerprint density at radius 3 is 2.40 bits per heavy atom. The van der Waals surface area contributed by atoms with E-state index in [0.717, 1.165) is 6.42 Å². The Labute approximate surface area is 148 Å². The van der Waals surface area contributed by atoms with Crippen LogP contribution in [-0.4, -0.2) is 40.3 Å². The molecule has 0 saturated carbocycles. The van der Waals surface area contributed by atoms with Gasteiger partial charge in [-0.1, -0.05) is 19.9 Å². The lowest BCUT2D eigenvalue weighted by Crippen LogP contribution is -2.54. The molecule has 0 bridgehead atoms. The fraction of sp³-hybridized carbons (Fsp3) is 0.556. The van der Waals surface area contributed by atoms with Crippen LogP contribution in [-0.2, 0) is 20.7 Å². The molecule has 0 radical (unpaired) electrons. The van der Waals surface area contributed by atoms with E-state index in [-0.39, 0.29) is 24.5 Å². The number of phenols is 2. The Bertz CT molecular complexity index is 608. The Morgan fingerprint density at radius 2 is 1.88 bits per heavy atom. The van der Waals surface area contributed by atoms with Gasteiger partial charge in [-0.25, -0.2) is 4.79 Å². The van der Waals surface area contributed by atoms with Crippen LogP contribution < -0.4 is 11.1 Å². The number of carbonyl (C=O) groups is 2. The zero-order valence-electron chi connectivity index (χ0n) is 15.2. The third kappa shape index (κ3) is 7.01. The maximum absolute atomic E-state index is 12.4. The van der Waals surface area contributed by atoms with Crippen LogP contribution in [0.15, 0.2) is 18.2 Å². The quantitative estimate of drug-likeness (QED) is 0.415. The maximum atomic E-state index is 12.4. The summed E-state index contributed by atoms with van der Waals surface area (Å²) >= 11 is 0. The Balaban J connectivity index is 2.87. The lowest BCUT2D eigenvalue weighted by atomic mass is 10.0. The van der Waals surface area contributed by atoms with Gasteiger partial charge in [-0.2, -0.15) is 0 Å². The van der Waals surface area contributed by atoms with Crippen LogP contribution in [0.5, 0.6) is 11.5 Å². The summed E-state index contributed by atoms with van der Waals surface area (Å²) in [4.78, 5) is 24.5. The second-order valence-electron chi connectivity index (χ2n) is 7.12. The summed E-state index contributed by atoms with van der Waals surface area (Å²) in [7, 11) is 0. The van der Waals surface area contributed by atoms with Gasteiger partial charge in [0.25, 0.3) is 0 Å². The van der Waals surface area contributed by atoms with E-state index in [9.17, 15) is 19.8 Å². The SMILES string of the molecule is CC(C)CCOC(=O)[C@H](Cc1ccc(O)c(O)c1)NC(=O)C(C)(C)N. The summed E-state index contributed by atoms with van der Waals surface area (Å²) in [6.45, 7) is 7.37. The predicted octanol–water partition coefficient (Wildman–Crippen LogP) is 1.45. The van der Waals surface area contributed by atoms with Gasteiger partial charge < -0.3 is 26.0 Å². The molecule has 7 heteroatoms. The number of ether oxygens (including phenoxy) is 1. The lowest BCUT2D eigenvalue weighted by molar-refractivity contribution is -0.148. The molecule has 0 heterocycles. The van der Waals surface area contributed by atoms with Crippen molar-refractivity contribution < 1.29 is 24.5 Å². The number of hydrogen-bond acceptors (Lipinski definition) is 6. The average Bonchev–Trinajstić information content (AvgIpc) is 2.48. The van der Waals surface area contributed by atoms with Crippen LogP contribution in [0, 0.1) is 5.92 Å². The highest BCUT2D eigenvalue weighted by molar-refractivity contribution is 5.89. The fourth-order valence-corrected chi connectivity index (χ4v) is 1.97. The molecule has 0 aliphatic heterocycles. The van der Waals surface area contributed by atoms with Crippen molar-refractivity contribution in [2.75, 3.05) is 6.61 Å². The largest absolute Gasteiger partial charge is 0.504 e. The number of nitrogens with one attached hydrogen (secondary N) is 1. The topological polar surface area (TPSA) is 122 Å². The van der Waals surface area contributed by atoms with E-state index in [1.807, 2.05) is 13.8 Å². The van der Waals surface area contributed by atoms with Crippen molar-refractivity contribution in [1.82, 2.24) is 5.32 Å². The van der Waals surface area contributed by atoms with Crippen molar-refractivity contribution in [2.45, 2.75) is 52.1 Å². The van der Waals surface area contributed by atoms with Crippen LogP contribution >= 0.6 is 0 Å². The minimum Gasteiger partial charge on any atom is -0.504 e. The van der Waals surface area contributed by atoms with E-state index >= 15 is 0 Å². The standard InChI is InChI=1S/C18H28N2O5/c1-11(2)7-8-25-16(23)13(20-17(24)18(3,4)19)9-12-5-6-14(21)15(22)10-12/h5-6,10-11,13,21-22H,7-9,19H2,1-4H3,(H,20,24)/t13-/m0/s1. The first kappa shape index (κ1) is 20.8. The second kappa shape index (κ2) is 8.71. The van der Waals surface area contributed by atoms with Crippen LogP contribution in [0.3, 0.4) is 0 Å². The van der Waals surface area contributed by atoms with Gasteiger partial charge in [0.2, 0.25) is 5.91 Å². The van der Waals surface area contributed by atoms with Crippen molar-refractivity contribution in [3.05, 3.63) is 23.8 Å². The number of hydrogen-bond donors (Lipinski definition) is 4. The molecule has 0 fully saturated rings. The third-order valence-corrected chi connectivity index (χ3v) is 3.59. The first-order valence-corrected chi connectivity index (χ1v) is 8.28. The number of benzene rings is 1. The zero-order chi connectivity index (χ0) is 19.2. The van der Waals surface area contributed by atoms with Crippen LogP contribution in [0.1, 0.15) is 39.7 Å². The first-order valence-electron chi connectivity index (χ1n) is 8.28. The van der Waals surface area contributed by atoms with Crippen LogP contribution in [0.4, 0.5) is 0 Å². The highest BCUT2D eigenvalue weighted by Crippen LogP contribution is 2.25. The summed E-state index contributed by atoms with van der Waals surface area (Å²) in [6, 6.07) is 3.28. The number of amides is 1. The molecule has 7 nitrogen and oxygen atoms in total. The van der Waals surface area contributed by atoms with E-state index in [0.29, 0.717) is 11.5 Å². The van der Waals surface area contributed by atoms with Crippen LogP contribution in [0.25, 0.3) is 0 Å². The Kier molecular flexibility index (Phi) is 7.23. The molecule has 1 rings (SSSR count). The van der Waals surface area contributed by atoms with Gasteiger partial charge >= 0.3 is 5.97 Å². The molecule has 5 N–H and O–H groups in total. The predicted molar refractivity (Wildman–Crippen MR) is 94.1 cm³/mol. The molecule has 1 aromatic rings. The zero-order valence-corrected chi connectivity index (χ0v) is 15.2. The van der Waals surface area contributed by atoms with Gasteiger partial charge in [-0.15, -0.1) is 0 Å². The number of aromatic hydroxyl groups is 2. The van der Waals surface area contributed by atoms with Gasteiger partial charge in [0, 0.05) is 6.42 Å². The van der Waals surface area contributed by atoms with E-state index in [1.165, 1.54) is 26.0 Å². The highest BCUT2D eigenvalue weighted by Gasteiger charge is 2.29. The fourth-order valence-electron chi connectivity index (χ4n) is 1.97. The Hall–Kier alpha value is -2.28. The van der Waals surface area contributed by atoms with Crippen molar-refractivity contribution in [3.8, 4) is 11.5 Å². The second-order valence-corrected chi connectivity index (χ2v) is 7.12. The monoisotopic (exact) mass is 352 g/mol. The van der Waals surface area contributed by atoms with Crippen LogP contribution in [0.2, 0.25) is 0 Å². The van der Waals surface area contributed by atoms with Gasteiger partial charge in [0.15, 0.2) is 11.5 Å². The van der Waals surface area contributed by atoms with Crippen molar-refractivity contribution in [2.24, 2.45) is 11.7 Å². The molecule has 1 atom stereocenters. The normalized spacial score (nSPS) is 12.7. The van der Waals surface area contributed by atoms with Gasteiger partial charge in [-0.05, 0) is 43.9 Å². The molecule has 1 amide bonds. The van der Waals surface area contributed by atoms with Crippen molar-refractivity contribution in [3.63, 3.8) is 0 Å². The van der Waals surface area contributed by atoms with Crippen molar-refractivity contribution in [1.29, 1.82) is 0 Å². The maximum Gasteiger partial charge on any atom is 0.328 e. The van der Waals surface area contributed by atoms with E-state index in [1.54, 1.807) is 6.07 Å². The minimum absolute atomic E-state index is 0.107. The molecular weight excluding hydrogens is 324 g/mol. The van der Waals surface area contributed by atoms with Gasteiger partial charge in [0.05, 0.1) is 12.1 Å². The third-order valence-electron chi connectivity index (χ3n) is 3.59. The van der Waals surface area contributed by atoms with Gasteiger partial charge in [0.1, 0.15) is 6.04 Å². The number of carbonyl (C=O) groups excluding carboxylic acids is 2. The van der Waals surface area contributed by atoms with E-state index in [4.69, 9.17) is 10.5 Å². The molecule has 0 aliphatic rings. The number of nitrogens with two attached hydrogens (primary N) is 1. The highest BCUT2D eigenvalue weighted by atomic mass is 16.5. The van der Waals surface area contributed by atoms with Crippen molar-refractivity contribution >= 4 is 11.9 Å². The molecule has 0 aliphatic carbocycles. The smallest absolute Gasteiger partial charge is 0.328 e. The molecule has 0 aromatic heterocycles. The summed E-state index contributed by atoms with van der Waals surface area (Å²) in [5.41, 5.74) is 5.19. The summed E-state index contributed by atoms with van der Waals surface area (Å²) in [5.74, 6) is -1.22.